The highest BCUT2D eigenvalue weighted by Gasteiger charge is 2.26. The fraction of sp³-hybridized carbons (Fsp3) is 0.700. The zero-order valence-electron chi connectivity index (χ0n) is 10.3. The number of nitrogen functional groups attached to an aromatic ring is 1. The Bertz CT molecular complexity index is 520. The summed E-state index contributed by atoms with van der Waals surface area (Å²) >= 11 is 1.08. The van der Waals surface area contributed by atoms with Gasteiger partial charge in [-0.05, 0) is 24.9 Å². The van der Waals surface area contributed by atoms with Crippen LogP contribution in [0, 0.1) is 5.92 Å². The molecule has 2 rings (SSSR count). The van der Waals surface area contributed by atoms with Gasteiger partial charge < -0.3 is 15.8 Å². The van der Waals surface area contributed by atoms with E-state index in [-0.39, 0.29) is 16.8 Å². The van der Waals surface area contributed by atoms with Gasteiger partial charge in [-0.15, -0.1) is 0 Å². The number of sulfone groups is 1. The molecule has 2 atom stereocenters. The topological polar surface area (TPSA) is 94.3 Å². The maximum Gasteiger partial charge on any atom is 0.182 e. The van der Waals surface area contributed by atoms with E-state index in [4.69, 9.17) is 10.5 Å². The Kier molecular flexibility index (Phi) is 3.79. The normalized spacial score (nSPS) is 22.0. The molecule has 1 aliphatic rings. The van der Waals surface area contributed by atoms with Crippen LogP contribution >= 0.6 is 11.5 Å². The van der Waals surface area contributed by atoms with E-state index in [1.807, 2.05) is 6.92 Å². The Hall–Kier alpha value is -0.860. The molecule has 1 aromatic rings. The Morgan fingerprint density at radius 1 is 1.61 bits per heavy atom. The number of nitrogens with one attached hydrogen (secondary N) is 1. The maximum atomic E-state index is 11.7. The lowest BCUT2D eigenvalue weighted by Gasteiger charge is -2.19. The first kappa shape index (κ1) is 13.6. The highest BCUT2D eigenvalue weighted by atomic mass is 32.2. The van der Waals surface area contributed by atoms with Crippen LogP contribution in [0.15, 0.2) is 4.90 Å². The van der Waals surface area contributed by atoms with Gasteiger partial charge in [-0.1, -0.05) is 0 Å². The van der Waals surface area contributed by atoms with Gasteiger partial charge in [-0.25, -0.2) is 8.42 Å². The second kappa shape index (κ2) is 5.02. The van der Waals surface area contributed by atoms with Crippen molar-refractivity contribution in [2.45, 2.75) is 24.3 Å². The lowest BCUT2D eigenvalue weighted by atomic mass is 10.0. The summed E-state index contributed by atoms with van der Waals surface area (Å²) < 4.78 is 32.6. The highest BCUT2D eigenvalue weighted by Crippen LogP contribution is 2.33. The van der Waals surface area contributed by atoms with Crippen LogP contribution < -0.4 is 11.1 Å². The van der Waals surface area contributed by atoms with E-state index in [9.17, 15) is 8.42 Å². The Balaban J connectivity index is 2.19. The summed E-state index contributed by atoms with van der Waals surface area (Å²) in [5.41, 5.74) is 5.61. The number of nitrogens with zero attached hydrogens (tertiary/aromatic N) is 1. The number of ether oxygens (including phenoxy) is 1. The monoisotopic (exact) mass is 291 g/mol. The van der Waals surface area contributed by atoms with Gasteiger partial charge in [0.15, 0.2) is 15.7 Å². The van der Waals surface area contributed by atoms with Crippen molar-refractivity contribution in [2.75, 3.05) is 30.5 Å². The molecule has 3 N–H and O–H groups in total. The van der Waals surface area contributed by atoms with Crippen LogP contribution in [0.1, 0.15) is 13.3 Å². The van der Waals surface area contributed by atoms with Crippen molar-refractivity contribution in [3.8, 4) is 0 Å². The number of rotatable bonds is 4. The van der Waals surface area contributed by atoms with Crippen molar-refractivity contribution in [3.63, 3.8) is 0 Å². The van der Waals surface area contributed by atoms with E-state index in [1.165, 1.54) is 0 Å². The second-order valence-electron chi connectivity index (χ2n) is 4.55. The van der Waals surface area contributed by atoms with Crippen LogP contribution in [0.4, 0.5) is 10.8 Å². The minimum absolute atomic E-state index is 0.0693. The van der Waals surface area contributed by atoms with Crippen molar-refractivity contribution in [2.24, 2.45) is 5.92 Å². The zero-order valence-corrected chi connectivity index (χ0v) is 12.0. The SMILES string of the molecule is CC(Nc1snc(N)c1S(C)(=O)=O)C1CCOC1. The number of anilines is 2. The summed E-state index contributed by atoms with van der Waals surface area (Å²) in [7, 11) is -3.36. The van der Waals surface area contributed by atoms with Gasteiger partial charge in [-0.3, -0.25) is 0 Å². The van der Waals surface area contributed by atoms with Crippen molar-refractivity contribution in [3.05, 3.63) is 0 Å². The number of hydrogen-bond donors (Lipinski definition) is 2. The minimum Gasteiger partial charge on any atom is -0.382 e. The van der Waals surface area contributed by atoms with E-state index < -0.39 is 9.84 Å². The Morgan fingerprint density at radius 3 is 2.89 bits per heavy atom. The van der Waals surface area contributed by atoms with Crippen molar-refractivity contribution >= 4 is 32.2 Å². The molecule has 0 aromatic carbocycles. The molecule has 0 radical (unpaired) electrons. The summed E-state index contributed by atoms with van der Waals surface area (Å²) in [6, 6.07) is 0.132. The summed E-state index contributed by atoms with van der Waals surface area (Å²) in [4.78, 5) is 0.110. The molecule has 1 aromatic heterocycles. The molecule has 18 heavy (non-hydrogen) atoms. The fourth-order valence-corrected chi connectivity index (χ4v) is 4.17. The Morgan fingerprint density at radius 2 is 2.33 bits per heavy atom. The third-order valence-electron chi connectivity index (χ3n) is 3.08. The van der Waals surface area contributed by atoms with Crippen molar-refractivity contribution < 1.29 is 13.2 Å². The first-order valence-corrected chi connectivity index (χ1v) is 8.35. The van der Waals surface area contributed by atoms with Crippen LogP contribution in [-0.4, -0.2) is 38.3 Å². The first-order chi connectivity index (χ1) is 8.39. The predicted molar refractivity (Wildman–Crippen MR) is 71.6 cm³/mol. The van der Waals surface area contributed by atoms with Crippen LogP contribution in [0.2, 0.25) is 0 Å². The fourth-order valence-electron chi connectivity index (χ4n) is 2.02. The maximum absolute atomic E-state index is 11.7. The molecule has 2 heterocycles. The Labute approximate surface area is 111 Å². The molecule has 0 aliphatic carbocycles. The van der Waals surface area contributed by atoms with Gasteiger partial charge in [0.1, 0.15) is 9.90 Å². The molecule has 6 nitrogen and oxygen atoms in total. The van der Waals surface area contributed by atoms with E-state index in [0.29, 0.717) is 17.5 Å². The van der Waals surface area contributed by atoms with Crippen LogP contribution in [0.3, 0.4) is 0 Å². The second-order valence-corrected chi connectivity index (χ2v) is 7.28. The third-order valence-corrected chi connectivity index (χ3v) is 5.15. The number of aromatic nitrogens is 1. The molecular weight excluding hydrogens is 274 g/mol. The van der Waals surface area contributed by atoms with Crippen molar-refractivity contribution in [1.82, 2.24) is 4.37 Å². The van der Waals surface area contributed by atoms with Gasteiger partial charge in [0.25, 0.3) is 0 Å². The molecule has 1 fully saturated rings. The smallest absolute Gasteiger partial charge is 0.182 e. The van der Waals surface area contributed by atoms with Gasteiger partial charge in [0, 0.05) is 24.8 Å². The lowest BCUT2D eigenvalue weighted by molar-refractivity contribution is 0.183. The zero-order chi connectivity index (χ0) is 13.3. The summed E-state index contributed by atoms with van der Waals surface area (Å²) in [6.07, 6.45) is 2.12. The quantitative estimate of drug-likeness (QED) is 0.858. The third kappa shape index (κ3) is 2.76. The molecule has 2 unspecified atom stereocenters. The number of hydrogen-bond acceptors (Lipinski definition) is 7. The average molecular weight is 291 g/mol. The van der Waals surface area contributed by atoms with Crippen LogP contribution in [0.25, 0.3) is 0 Å². The van der Waals surface area contributed by atoms with E-state index in [1.54, 1.807) is 0 Å². The molecule has 1 aliphatic heterocycles. The molecule has 8 heteroatoms. The molecule has 0 bridgehead atoms. The van der Waals surface area contributed by atoms with Crippen LogP contribution in [-0.2, 0) is 14.6 Å². The molecule has 1 saturated heterocycles. The van der Waals surface area contributed by atoms with E-state index in [2.05, 4.69) is 9.69 Å². The summed E-state index contributed by atoms with van der Waals surface area (Å²) in [5, 5.41) is 3.72. The first-order valence-electron chi connectivity index (χ1n) is 5.69. The van der Waals surface area contributed by atoms with Gasteiger partial charge in [0.05, 0.1) is 6.61 Å². The lowest BCUT2D eigenvalue weighted by Crippen LogP contribution is -2.26. The van der Waals surface area contributed by atoms with Gasteiger partial charge in [0.2, 0.25) is 0 Å². The standard InChI is InChI=1S/C10H17N3O3S2/c1-6(7-3-4-16-5-7)12-10-8(18(2,14)15)9(11)13-17-10/h6-7,12H,3-5H2,1-2H3,(H2,11,13). The van der Waals surface area contributed by atoms with E-state index in [0.717, 1.165) is 30.8 Å². The molecular formula is C10H17N3O3S2. The highest BCUT2D eigenvalue weighted by molar-refractivity contribution is 7.91. The van der Waals surface area contributed by atoms with Crippen molar-refractivity contribution in [1.29, 1.82) is 0 Å². The van der Waals surface area contributed by atoms with E-state index >= 15 is 0 Å². The van der Waals surface area contributed by atoms with Gasteiger partial charge in [-0.2, -0.15) is 4.37 Å². The molecule has 0 amide bonds. The van der Waals surface area contributed by atoms with Crippen LogP contribution in [0.5, 0.6) is 0 Å². The average Bonchev–Trinajstić information content (AvgIpc) is 2.86. The predicted octanol–water partition coefficient (Wildman–Crippen LogP) is 0.966. The molecule has 0 spiro atoms. The summed E-state index contributed by atoms with van der Waals surface area (Å²) in [5.74, 6) is 0.459. The molecule has 102 valence electrons. The minimum atomic E-state index is -3.36. The summed E-state index contributed by atoms with van der Waals surface area (Å²) in [6.45, 7) is 3.48. The largest absolute Gasteiger partial charge is 0.382 e. The van der Waals surface area contributed by atoms with Gasteiger partial charge >= 0.3 is 0 Å². The molecule has 0 saturated carbocycles. The number of nitrogens with two attached hydrogens (primary N) is 1.